The Morgan fingerprint density at radius 3 is 1.95 bits per heavy atom. The Bertz CT molecular complexity index is 525. The second-order valence-electron chi connectivity index (χ2n) is 6.89. The Kier molecular flexibility index (Phi) is 4.34. The summed E-state index contributed by atoms with van der Waals surface area (Å²) in [7, 11) is -0.499. The standard InChI is InChI=1S/C17H25BO3/c1-12-7-13(2)9-14(8-12)10-15(11-19)18-20-16(3,4)17(5,6)21-18/h7-10,19H,11H2,1-6H3. The van der Waals surface area contributed by atoms with Crippen LogP contribution in [0.5, 0.6) is 0 Å². The number of aryl methyl sites for hydroxylation is 2. The summed E-state index contributed by atoms with van der Waals surface area (Å²) in [4.78, 5) is 0. The summed E-state index contributed by atoms with van der Waals surface area (Å²) in [6.45, 7) is 12.1. The summed E-state index contributed by atoms with van der Waals surface area (Å²) in [6, 6.07) is 6.31. The van der Waals surface area contributed by atoms with Crippen LogP contribution >= 0.6 is 0 Å². The van der Waals surface area contributed by atoms with Crippen LogP contribution in [0.2, 0.25) is 0 Å². The zero-order valence-electron chi connectivity index (χ0n) is 13.9. The molecule has 1 aromatic rings. The predicted octanol–water partition coefficient (Wildman–Crippen LogP) is 3.31. The van der Waals surface area contributed by atoms with Crippen molar-refractivity contribution in [1.82, 2.24) is 0 Å². The molecule has 21 heavy (non-hydrogen) atoms. The van der Waals surface area contributed by atoms with Crippen molar-refractivity contribution in [2.75, 3.05) is 6.61 Å². The van der Waals surface area contributed by atoms with Crippen LogP contribution < -0.4 is 0 Å². The third kappa shape index (κ3) is 3.39. The van der Waals surface area contributed by atoms with E-state index in [1.807, 2.05) is 33.8 Å². The minimum Gasteiger partial charge on any atom is -0.400 e. The summed E-state index contributed by atoms with van der Waals surface area (Å²) in [6.07, 6.45) is 1.96. The second-order valence-corrected chi connectivity index (χ2v) is 6.89. The van der Waals surface area contributed by atoms with Gasteiger partial charge in [-0.05, 0) is 52.6 Å². The predicted molar refractivity (Wildman–Crippen MR) is 87.1 cm³/mol. The zero-order valence-corrected chi connectivity index (χ0v) is 13.9. The fourth-order valence-electron chi connectivity index (χ4n) is 2.49. The third-order valence-electron chi connectivity index (χ3n) is 4.33. The van der Waals surface area contributed by atoms with E-state index in [4.69, 9.17) is 9.31 Å². The quantitative estimate of drug-likeness (QED) is 0.867. The van der Waals surface area contributed by atoms with Crippen LogP contribution in [0.25, 0.3) is 6.08 Å². The summed E-state index contributed by atoms with van der Waals surface area (Å²) in [5.74, 6) is 0. The van der Waals surface area contributed by atoms with Crippen LogP contribution in [-0.2, 0) is 9.31 Å². The van der Waals surface area contributed by atoms with Crippen LogP contribution in [0.4, 0.5) is 0 Å². The van der Waals surface area contributed by atoms with Gasteiger partial charge in [-0.25, -0.2) is 0 Å². The molecular weight excluding hydrogens is 263 g/mol. The molecule has 0 atom stereocenters. The molecule has 0 aromatic heterocycles. The average molecular weight is 288 g/mol. The minimum absolute atomic E-state index is 0.0795. The van der Waals surface area contributed by atoms with Crippen LogP contribution in [-0.4, -0.2) is 30.0 Å². The van der Waals surface area contributed by atoms with Gasteiger partial charge in [-0.15, -0.1) is 0 Å². The van der Waals surface area contributed by atoms with E-state index in [9.17, 15) is 5.11 Å². The SMILES string of the molecule is Cc1cc(C)cc(C=C(CO)B2OC(C)(C)C(C)(C)O2)c1. The molecule has 0 spiro atoms. The van der Waals surface area contributed by atoms with Gasteiger partial charge in [-0.3, -0.25) is 0 Å². The van der Waals surface area contributed by atoms with Gasteiger partial charge in [0.25, 0.3) is 0 Å². The van der Waals surface area contributed by atoms with Crippen molar-refractivity contribution in [2.45, 2.75) is 52.7 Å². The smallest absolute Gasteiger partial charge is 0.400 e. The fourth-order valence-corrected chi connectivity index (χ4v) is 2.49. The normalized spacial score (nSPS) is 20.9. The molecule has 0 unspecified atom stereocenters. The van der Waals surface area contributed by atoms with Crippen molar-refractivity contribution in [3.8, 4) is 0 Å². The van der Waals surface area contributed by atoms with E-state index in [0.717, 1.165) is 11.0 Å². The average Bonchev–Trinajstić information content (AvgIpc) is 2.54. The molecule has 1 fully saturated rings. The van der Waals surface area contributed by atoms with Crippen LogP contribution in [0, 0.1) is 13.8 Å². The lowest BCUT2D eigenvalue weighted by atomic mass is 9.77. The molecule has 3 nitrogen and oxygen atoms in total. The van der Waals surface area contributed by atoms with Gasteiger partial charge in [0.1, 0.15) is 0 Å². The van der Waals surface area contributed by atoms with E-state index in [1.165, 1.54) is 11.1 Å². The molecule has 1 heterocycles. The Labute approximate surface area is 128 Å². The van der Waals surface area contributed by atoms with Crippen LogP contribution in [0.3, 0.4) is 0 Å². The lowest BCUT2D eigenvalue weighted by Gasteiger charge is -2.32. The second kappa shape index (κ2) is 5.60. The number of aliphatic hydroxyl groups is 1. The first-order valence-electron chi connectivity index (χ1n) is 7.40. The third-order valence-corrected chi connectivity index (χ3v) is 4.33. The molecule has 0 saturated carbocycles. The molecular formula is C17H25BO3. The molecule has 1 N–H and O–H groups in total. The molecule has 1 saturated heterocycles. The molecule has 1 aliphatic heterocycles. The van der Waals surface area contributed by atoms with Crippen molar-refractivity contribution in [2.24, 2.45) is 0 Å². The van der Waals surface area contributed by atoms with Gasteiger partial charge in [-0.2, -0.15) is 0 Å². The number of aliphatic hydroxyl groups excluding tert-OH is 1. The zero-order chi connectivity index (χ0) is 15.8. The summed E-state index contributed by atoms with van der Waals surface area (Å²) < 4.78 is 12.0. The Hall–Kier alpha value is -1.10. The van der Waals surface area contributed by atoms with Crippen molar-refractivity contribution >= 4 is 13.2 Å². The molecule has 0 amide bonds. The van der Waals surface area contributed by atoms with Crippen LogP contribution in [0.15, 0.2) is 23.7 Å². The Morgan fingerprint density at radius 1 is 1.05 bits per heavy atom. The number of rotatable bonds is 3. The van der Waals surface area contributed by atoms with Crippen molar-refractivity contribution in [3.63, 3.8) is 0 Å². The topological polar surface area (TPSA) is 38.7 Å². The maximum atomic E-state index is 9.70. The van der Waals surface area contributed by atoms with E-state index in [0.29, 0.717) is 0 Å². The maximum absolute atomic E-state index is 9.70. The van der Waals surface area contributed by atoms with Gasteiger partial charge in [0.05, 0.1) is 17.8 Å². The first kappa shape index (κ1) is 16.3. The van der Waals surface area contributed by atoms with Crippen molar-refractivity contribution < 1.29 is 14.4 Å². The minimum atomic E-state index is -0.499. The first-order valence-corrected chi connectivity index (χ1v) is 7.40. The Balaban J connectivity index is 2.30. The van der Waals surface area contributed by atoms with E-state index in [-0.39, 0.29) is 6.61 Å². The van der Waals surface area contributed by atoms with Gasteiger partial charge in [0.15, 0.2) is 0 Å². The van der Waals surface area contributed by atoms with Crippen molar-refractivity contribution in [3.05, 3.63) is 40.4 Å². The maximum Gasteiger partial charge on any atom is 0.492 e. The number of hydrogen-bond donors (Lipinski definition) is 1. The highest BCUT2D eigenvalue weighted by molar-refractivity contribution is 6.55. The highest BCUT2D eigenvalue weighted by Crippen LogP contribution is 2.38. The molecule has 1 aliphatic rings. The lowest BCUT2D eigenvalue weighted by Crippen LogP contribution is -2.41. The largest absolute Gasteiger partial charge is 0.492 e. The molecule has 1 aromatic carbocycles. The van der Waals surface area contributed by atoms with Gasteiger partial charge >= 0.3 is 7.12 Å². The Morgan fingerprint density at radius 2 is 1.52 bits per heavy atom. The van der Waals surface area contributed by atoms with Crippen LogP contribution in [0.1, 0.15) is 44.4 Å². The van der Waals surface area contributed by atoms with Crippen molar-refractivity contribution in [1.29, 1.82) is 0 Å². The summed E-state index contributed by atoms with van der Waals surface area (Å²) >= 11 is 0. The summed E-state index contributed by atoms with van der Waals surface area (Å²) in [5.41, 5.74) is 3.42. The van der Waals surface area contributed by atoms with E-state index >= 15 is 0 Å². The summed E-state index contributed by atoms with van der Waals surface area (Å²) in [5, 5.41) is 9.70. The number of hydrogen-bond acceptors (Lipinski definition) is 3. The fraction of sp³-hybridized carbons (Fsp3) is 0.529. The molecule has 114 valence electrons. The number of benzene rings is 1. The van der Waals surface area contributed by atoms with Gasteiger partial charge in [0.2, 0.25) is 0 Å². The molecule has 2 rings (SSSR count). The molecule has 4 heteroatoms. The monoisotopic (exact) mass is 288 g/mol. The highest BCUT2D eigenvalue weighted by Gasteiger charge is 2.52. The van der Waals surface area contributed by atoms with E-state index in [1.54, 1.807) is 0 Å². The van der Waals surface area contributed by atoms with Gasteiger partial charge < -0.3 is 14.4 Å². The van der Waals surface area contributed by atoms with Gasteiger partial charge in [0, 0.05) is 0 Å². The molecule has 0 aliphatic carbocycles. The first-order chi connectivity index (χ1) is 9.64. The van der Waals surface area contributed by atoms with E-state index in [2.05, 4.69) is 32.0 Å². The van der Waals surface area contributed by atoms with E-state index < -0.39 is 18.3 Å². The molecule has 0 radical (unpaired) electrons. The lowest BCUT2D eigenvalue weighted by molar-refractivity contribution is 0.00578. The van der Waals surface area contributed by atoms with Gasteiger partial charge in [-0.1, -0.05) is 35.4 Å². The highest BCUT2D eigenvalue weighted by atomic mass is 16.7. The molecule has 0 bridgehead atoms.